The van der Waals surface area contributed by atoms with Gasteiger partial charge in [-0.25, -0.2) is 0 Å². The van der Waals surface area contributed by atoms with E-state index in [-0.39, 0.29) is 5.91 Å². The molecule has 1 saturated carbocycles. The van der Waals surface area contributed by atoms with Crippen molar-refractivity contribution in [1.29, 1.82) is 0 Å². The van der Waals surface area contributed by atoms with E-state index in [9.17, 15) is 4.79 Å². The van der Waals surface area contributed by atoms with Gasteiger partial charge in [-0.1, -0.05) is 68.3 Å². The third-order valence-electron chi connectivity index (χ3n) is 8.78. The molecule has 2 aliphatic carbocycles. The van der Waals surface area contributed by atoms with Crippen LogP contribution in [0.15, 0.2) is 42.5 Å². The van der Waals surface area contributed by atoms with Crippen molar-refractivity contribution in [3.63, 3.8) is 0 Å². The second-order valence-electron chi connectivity index (χ2n) is 12.1. The average molecular weight is 518 g/mol. The van der Waals surface area contributed by atoms with E-state index < -0.39 is 0 Å². The molecule has 0 spiro atoms. The average Bonchev–Trinajstić information content (AvgIpc) is 3.10. The molecule has 0 aliphatic heterocycles. The summed E-state index contributed by atoms with van der Waals surface area (Å²) in [4.78, 5) is 13.5. The Labute approximate surface area is 226 Å². The zero-order chi connectivity index (χ0) is 26.2. The van der Waals surface area contributed by atoms with E-state index in [1.165, 1.54) is 36.0 Å². The van der Waals surface area contributed by atoms with Crippen molar-refractivity contribution in [3.05, 3.63) is 75.4 Å². The number of amides is 1. The molecule has 1 N–H and O–H groups in total. The van der Waals surface area contributed by atoms with Crippen molar-refractivity contribution in [2.24, 2.45) is 17.3 Å². The molecule has 2 unspecified atom stereocenters. The number of rotatable bonds is 8. The molecular weight excluding hydrogens is 478 g/mol. The van der Waals surface area contributed by atoms with Crippen LogP contribution < -0.4 is 5.32 Å². The third-order valence-corrected chi connectivity index (χ3v) is 9.01. The maximum Gasteiger partial charge on any atom is 0.272 e. The van der Waals surface area contributed by atoms with Crippen LogP contribution in [0.2, 0.25) is 5.02 Å². The number of aromatic nitrogens is 2. The molecule has 0 saturated heterocycles. The summed E-state index contributed by atoms with van der Waals surface area (Å²) in [6.07, 6.45) is 7.87. The van der Waals surface area contributed by atoms with Crippen molar-refractivity contribution in [2.45, 2.75) is 79.2 Å². The largest absolute Gasteiger partial charge is 0.350 e. The lowest BCUT2D eigenvalue weighted by molar-refractivity contribution is 0.0590. The van der Waals surface area contributed by atoms with Crippen molar-refractivity contribution in [2.75, 3.05) is 6.54 Å². The molecule has 0 radical (unpaired) electrons. The minimum absolute atomic E-state index is 0.0489. The second kappa shape index (κ2) is 10.6. The summed E-state index contributed by atoms with van der Waals surface area (Å²) in [5, 5.41) is 8.92. The molecule has 5 rings (SSSR count). The number of nitrogens with one attached hydrogen (secondary N) is 1. The van der Waals surface area contributed by atoms with E-state index in [1.54, 1.807) is 0 Å². The van der Waals surface area contributed by atoms with Crippen LogP contribution in [0.1, 0.15) is 85.6 Å². The summed E-state index contributed by atoms with van der Waals surface area (Å²) < 4.78 is 2.04. The quantitative estimate of drug-likeness (QED) is 0.334. The summed E-state index contributed by atoms with van der Waals surface area (Å²) in [7, 11) is 0. The van der Waals surface area contributed by atoms with E-state index >= 15 is 0 Å². The van der Waals surface area contributed by atoms with Crippen LogP contribution in [0, 0.1) is 24.2 Å². The van der Waals surface area contributed by atoms with Crippen LogP contribution in [0.5, 0.6) is 0 Å². The van der Waals surface area contributed by atoms with Crippen LogP contribution in [-0.2, 0) is 19.4 Å². The summed E-state index contributed by atoms with van der Waals surface area (Å²) in [6.45, 7) is 10.4. The lowest BCUT2D eigenvalue weighted by Crippen LogP contribution is -2.35. The van der Waals surface area contributed by atoms with Gasteiger partial charge in [-0.15, -0.1) is 0 Å². The van der Waals surface area contributed by atoms with Crippen molar-refractivity contribution in [3.8, 4) is 11.3 Å². The molecule has 1 fully saturated rings. The number of halogens is 1. The number of hydrogen-bond donors (Lipinski definition) is 1. The van der Waals surface area contributed by atoms with Gasteiger partial charge >= 0.3 is 0 Å². The van der Waals surface area contributed by atoms with E-state index in [0.717, 1.165) is 53.4 Å². The first kappa shape index (κ1) is 26.0. The van der Waals surface area contributed by atoms with Gasteiger partial charge in [0.15, 0.2) is 5.69 Å². The first-order valence-electron chi connectivity index (χ1n) is 13.9. The lowest BCUT2D eigenvalue weighted by atomic mass is 9.61. The predicted octanol–water partition coefficient (Wildman–Crippen LogP) is 7.63. The number of fused-ring (bicyclic) bond motifs is 3. The van der Waals surface area contributed by atoms with Gasteiger partial charge in [0.1, 0.15) is 0 Å². The van der Waals surface area contributed by atoms with Gasteiger partial charge in [-0.3, -0.25) is 9.48 Å². The van der Waals surface area contributed by atoms with Gasteiger partial charge in [0.2, 0.25) is 0 Å². The highest BCUT2D eigenvalue weighted by Gasteiger charge is 2.37. The Balaban J connectivity index is 1.38. The summed E-state index contributed by atoms with van der Waals surface area (Å²) in [6, 6.07) is 14.7. The maximum absolute atomic E-state index is 13.5. The van der Waals surface area contributed by atoms with Crippen molar-refractivity contribution in [1.82, 2.24) is 15.1 Å². The fourth-order valence-electron chi connectivity index (χ4n) is 6.06. The fraction of sp³-hybridized carbons (Fsp3) is 0.500. The zero-order valence-corrected chi connectivity index (χ0v) is 23.5. The van der Waals surface area contributed by atoms with Gasteiger partial charge in [-0.05, 0) is 92.4 Å². The topological polar surface area (TPSA) is 46.9 Å². The molecule has 1 amide bonds. The van der Waals surface area contributed by atoms with E-state index in [1.807, 2.05) is 10.7 Å². The van der Waals surface area contributed by atoms with Gasteiger partial charge in [0, 0.05) is 22.7 Å². The predicted molar refractivity (Wildman–Crippen MR) is 152 cm³/mol. The summed E-state index contributed by atoms with van der Waals surface area (Å²) in [5.41, 5.74) is 7.99. The number of nitrogens with zero attached hydrogens (tertiary/aromatic N) is 2. The molecule has 1 heterocycles. The number of hydrogen-bond acceptors (Lipinski definition) is 2. The number of carbonyl (C=O) groups excluding carboxylic acids is 1. The molecule has 2 atom stereocenters. The van der Waals surface area contributed by atoms with E-state index in [2.05, 4.69) is 69.4 Å². The van der Waals surface area contributed by atoms with Gasteiger partial charge in [0.25, 0.3) is 5.91 Å². The Morgan fingerprint density at radius 2 is 1.97 bits per heavy atom. The van der Waals surface area contributed by atoms with Crippen LogP contribution in [-0.4, -0.2) is 22.2 Å². The molecule has 37 heavy (non-hydrogen) atoms. The number of aryl methyl sites for hydroxylation is 2. The van der Waals surface area contributed by atoms with E-state index in [0.29, 0.717) is 30.1 Å². The molecule has 5 heteroatoms. The second-order valence-corrected chi connectivity index (χ2v) is 12.5. The van der Waals surface area contributed by atoms with Crippen LogP contribution in [0.4, 0.5) is 0 Å². The van der Waals surface area contributed by atoms with Gasteiger partial charge in [0.05, 0.1) is 12.2 Å². The molecule has 2 aromatic carbocycles. The molecule has 4 nitrogen and oxygen atoms in total. The Morgan fingerprint density at radius 3 is 2.68 bits per heavy atom. The van der Waals surface area contributed by atoms with Crippen LogP contribution in [0.25, 0.3) is 11.3 Å². The fourth-order valence-corrected chi connectivity index (χ4v) is 6.25. The molecule has 3 aromatic rings. The summed E-state index contributed by atoms with van der Waals surface area (Å²) in [5.74, 6) is 1.23. The molecule has 196 valence electrons. The molecular formula is C32H40ClN3O. The first-order valence-corrected chi connectivity index (χ1v) is 14.3. The molecule has 1 aromatic heterocycles. The lowest BCUT2D eigenvalue weighted by Gasteiger charge is -2.45. The Morgan fingerprint density at radius 1 is 1.19 bits per heavy atom. The minimum atomic E-state index is -0.0489. The Hall–Kier alpha value is -2.59. The van der Waals surface area contributed by atoms with Gasteiger partial charge < -0.3 is 5.32 Å². The normalized spacial score (nSPS) is 18.8. The summed E-state index contributed by atoms with van der Waals surface area (Å²) >= 11 is 6.36. The van der Waals surface area contributed by atoms with Crippen molar-refractivity contribution < 1.29 is 4.79 Å². The SMILES string of the molecule is Cc1ccc(Cn2nc(C(=O)NCC(C)CCC3CCC3(C)C)c3c2-c2ccc(Cl)cc2CCC3)cc1. The smallest absolute Gasteiger partial charge is 0.272 e. The Kier molecular flexibility index (Phi) is 7.49. The monoisotopic (exact) mass is 517 g/mol. The minimum Gasteiger partial charge on any atom is -0.350 e. The highest BCUT2D eigenvalue weighted by molar-refractivity contribution is 6.30. The highest BCUT2D eigenvalue weighted by Crippen LogP contribution is 2.48. The zero-order valence-electron chi connectivity index (χ0n) is 22.7. The van der Waals surface area contributed by atoms with Crippen LogP contribution >= 0.6 is 11.6 Å². The third kappa shape index (κ3) is 5.65. The molecule has 2 aliphatic rings. The van der Waals surface area contributed by atoms with Crippen LogP contribution in [0.3, 0.4) is 0 Å². The number of carbonyl (C=O) groups is 1. The standard InChI is InChI=1S/C32H40ClN3O/c1-21-8-11-23(12-9-21)20-36-30-27-15-14-26(33)18-24(27)6-5-7-28(30)29(35-36)31(37)34-19-22(2)10-13-25-16-17-32(25,3)4/h8-9,11-12,14-15,18,22,25H,5-7,10,13,16-17,19-20H2,1-4H3,(H,34,37). The molecule has 0 bridgehead atoms. The first-order chi connectivity index (χ1) is 17.7. The Bertz CT molecular complexity index is 1270. The number of benzene rings is 2. The van der Waals surface area contributed by atoms with Crippen molar-refractivity contribution >= 4 is 17.5 Å². The van der Waals surface area contributed by atoms with Gasteiger partial charge in [-0.2, -0.15) is 5.10 Å². The van der Waals surface area contributed by atoms with E-state index in [4.69, 9.17) is 16.7 Å². The highest BCUT2D eigenvalue weighted by atomic mass is 35.5. The maximum atomic E-state index is 13.5.